The third-order valence-electron chi connectivity index (χ3n) is 14.8. The van der Waals surface area contributed by atoms with Gasteiger partial charge in [-0.2, -0.15) is 10.5 Å². The molecule has 6 nitrogen and oxygen atoms in total. The number of benzene rings is 11. The van der Waals surface area contributed by atoms with Crippen molar-refractivity contribution in [1.29, 1.82) is 10.5 Å². The maximum atomic E-state index is 12.4. The molecule has 4 heterocycles. The molecule has 0 spiro atoms. The van der Waals surface area contributed by atoms with E-state index in [0.717, 1.165) is 114 Å². The first-order chi connectivity index (χ1) is 34.7. The van der Waals surface area contributed by atoms with E-state index in [0.29, 0.717) is 28.2 Å². The van der Waals surface area contributed by atoms with E-state index in [-0.39, 0.29) is 0 Å². The van der Waals surface area contributed by atoms with Crippen molar-refractivity contribution in [2.24, 2.45) is 0 Å². The van der Waals surface area contributed by atoms with Crippen LogP contribution in [-0.2, 0) is 0 Å². The molecule has 0 atom stereocenters. The Hall–Kier alpha value is -9.88. The van der Waals surface area contributed by atoms with Crippen LogP contribution in [0.3, 0.4) is 0 Å². The second kappa shape index (κ2) is 14.3. The fourth-order valence-corrected chi connectivity index (χ4v) is 12.1. The molecule has 6 heteroatoms. The predicted molar refractivity (Wildman–Crippen MR) is 288 cm³/mol. The lowest BCUT2D eigenvalue weighted by molar-refractivity contribution is 1.02. The summed E-state index contributed by atoms with van der Waals surface area (Å²) in [5.74, 6) is 0. The summed E-state index contributed by atoms with van der Waals surface area (Å²) in [5.41, 5.74) is 10.9. The fraction of sp³-hybridized carbons (Fsp3) is 0. The lowest BCUT2D eigenvalue weighted by Gasteiger charge is -2.27. The average Bonchev–Trinajstić information content (AvgIpc) is 4.15. The molecule has 70 heavy (non-hydrogen) atoms. The third kappa shape index (κ3) is 4.93. The Morgan fingerprint density at radius 2 is 0.500 bits per heavy atom. The molecule has 4 aromatic heterocycles. The van der Waals surface area contributed by atoms with Gasteiger partial charge in [0, 0.05) is 43.1 Å². The largest absolute Gasteiger partial charge is 0.306 e. The summed E-state index contributed by atoms with van der Waals surface area (Å²) in [6.45, 7) is 0. The van der Waals surface area contributed by atoms with E-state index < -0.39 is 0 Å². The van der Waals surface area contributed by atoms with Gasteiger partial charge in [0.15, 0.2) is 0 Å². The normalized spacial score (nSPS) is 12.0. The summed E-state index contributed by atoms with van der Waals surface area (Å²) in [6.07, 6.45) is 0. The highest BCUT2D eigenvalue weighted by molar-refractivity contribution is 6.24. The number of nitrogens with zero attached hydrogens (tertiary/aromatic N) is 6. The van der Waals surface area contributed by atoms with Crippen molar-refractivity contribution in [1.82, 2.24) is 18.3 Å². The highest BCUT2D eigenvalue weighted by Gasteiger charge is 2.34. The molecule has 0 aliphatic heterocycles. The quantitative estimate of drug-likeness (QED) is 0.177. The Kier molecular flexibility index (Phi) is 7.82. The maximum Gasteiger partial charge on any atom is 0.104 e. The van der Waals surface area contributed by atoms with Gasteiger partial charge in [-0.05, 0) is 70.1 Å². The zero-order valence-electron chi connectivity index (χ0n) is 37.5. The first kappa shape index (κ1) is 38.2. The van der Waals surface area contributed by atoms with Crippen LogP contribution in [0, 0.1) is 22.7 Å². The molecule has 0 bridgehead atoms. The minimum atomic E-state index is 0.380. The molecule has 0 aliphatic rings. The first-order valence-electron chi connectivity index (χ1n) is 23.6. The average molecular weight is 889 g/mol. The number of aromatic nitrogens is 4. The van der Waals surface area contributed by atoms with E-state index >= 15 is 0 Å². The van der Waals surface area contributed by atoms with E-state index in [9.17, 15) is 10.5 Å². The van der Waals surface area contributed by atoms with Gasteiger partial charge in [0.05, 0.1) is 66.9 Å². The topological polar surface area (TPSA) is 67.3 Å². The monoisotopic (exact) mass is 888 g/mol. The molecular formula is C64H36N6. The van der Waals surface area contributed by atoms with Crippen LogP contribution in [0.25, 0.3) is 132 Å². The standard InChI is InChI=1S/C64H36N6/c65-37-49-61(67-51-27-11-5-21-43(51)44-22-6-12-28-52(44)67)50(38-66)63(70-56-32-16-10-26-48(56)60-42-20-4-2-18-40(42)34-36-58(60)70)64(68-53-29-13-7-23-45(53)46-24-8-14-30-54(46)68)62(49)69-55-31-15-9-25-47(55)59-41-19-3-1-17-39(41)33-35-57(59)69/h1-36H. The molecule has 0 radical (unpaired) electrons. The minimum Gasteiger partial charge on any atom is -0.306 e. The second-order valence-electron chi connectivity index (χ2n) is 18.2. The fourth-order valence-electron chi connectivity index (χ4n) is 12.1. The number of hydrogen-bond acceptors (Lipinski definition) is 2. The van der Waals surface area contributed by atoms with Crippen molar-refractivity contribution in [3.63, 3.8) is 0 Å². The van der Waals surface area contributed by atoms with Crippen molar-refractivity contribution >= 4 is 109 Å². The lowest BCUT2D eigenvalue weighted by atomic mass is 9.98. The van der Waals surface area contributed by atoms with Gasteiger partial charge in [-0.15, -0.1) is 0 Å². The molecule has 0 aliphatic carbocycles. The van der Waals surface area contributed by atoms with Crippen LogP contribution < -0.4 is 0 Å². The highest BCUT2D eigenvalue weighted by atomic mass is 15.1. The molecule has 15 rings (SSSR count). The van der Waals surface area contributed by atoms with Crippen LogP contribution >= 0.6 is 0 Å². The second-order valence-corrected chi connectivity index (χ2v) is 18.2. The number of rotatable bonds is 4. The Bertz CT molecular complexity index is 4570. The van der Waals surface area contributed by atoms with Crippen LogP contribution in [0.2, 0.25) is 0 Å². The number of para-hydroxylation sites is 6. The van der Waals surface area contributed by atoms with Crippen molar-refractivity contribution in [2.75, 3.05) is 0 Å². The van der Waals surface area contributed by atoms with Gasteiger partial charge in [0.25, 0.3) is 0 Å². The summed E-state index contributed by atoms with van der Waals surface area (Å²) < 4.78 is 9.15. The molecule has 322 valence electrons. The van der Waals surface area contributed by atoms with Gasteiger partial charge >= 0.3 is 0 Å². The Balaban J connectivity index is 1.30. The number of hydrogen-bond donors (Lipinski definition) is 0. The van der Waals surface area contributed by atoms with E-state index in [1.54, 1.807) is 0 Å². The molecule has 15 aromatic rings. The molecule has 0 saturated heterocycles. The third-order valence-corrected chi connectivity index (χ3v) is 14.8. The first-order valence-corrected chi connectivity index (χ1v) is 23.6. The predicted octanol–water partition coefficient (Wildman–Crippen LogP) is 16.1. The van der Waals surface area contributed by atoms with Crippen LogP contribution in [0.1, 0.15) is 11.1 Å². The van der Waals surface area contributed by atoms with Gasteiger partial charge in [0.1, 0.15) is 23.3 Å². The Morgan fingerprint density at radius 3 is 0.857 bits per heavy atom. The van der Waals surface area contributed by atoms with Crippen molar-refractivity contribution in [3.05, 3.63) is 230 Å². The van der Waals surface area contributed by atoms with Crippen LogP contribution in [-0.4, -0.2) is 18.3 Å². The van der Waals surface area contributed by atoms with Gasteiger partial charge < -0.3 is 18.3 Å². The lowest BCUT2D eigenvalue weighted by Crippen LogP contribution is -2.16. The molecule has 0 amide bonds. The van der Waals surface area contributed by atoms with Crippen LogP contribution in [0.4, 0.5) is 0 Å². The zero-order valence-corrected chi connectivity index (χ0v) is 37.5. The van der Waals surface area contributed by atoms with Crippen molar-refractivity contribution in [3.8, 4) is 34.9 Å². The van der Waals surface area contributed by atoms with Crippen molar-refractivity contribution in [2.45, 2.75) is 0 Å². The van der Waals surface area contributed by atoms with E-state index in [1.165, 1.54) is 0 Å². The van der Waals surface area contributed by atoms with Gasteiger partial charge in [-0.1, -0.05) is 170 Å². The van der Waals surface area contributed by atoms with Crippen LogP contribution in [0.15, 0.2) is 218 Å². The van der Waals surface area contributed by atoms with E-state index in [4.69, 9.17) is 0 Å². The summed E-state index contributed by atoms with van der Waals surface area (Å²) in [6, 6.07) is 82.4. The number of nitriles is 2. The van der Waals surface area contributed by atoms with Gasteiger partial charge in [-0.3, -0.25) is 0 Å². The van der Waals surface area contributed by atoms with E-state index in [1.807, 2.05) is 12.1 Å². The molecular weight excluding hydrogens is 853 g/mol. The highest BCUT2D eigenvalue weighted by Crippen LogP contribution is 2.50. The van der Waals surface area contributed by atoms with Gasteiger partial charge in [0.2, 0.25) is 0 Å². The maximum absolute atomic E-state index is 12.4. The molecule has 0 saturated carbocycles. The molecule has 11 aromatic carbocycles. The summed E-state index contributed by atoms with van der Waals surface area (Å²) in [5, 5.41) is 37.9. The van der Waals surface area contributed by atoms with Gasteiger partial charge in [-0.25, -0.2) is 0 Å². The minimum absolute atomic E-state index is 0.380. The SMILES string of the molecule is N#Cc1c(-n2c3ccccc3c3ccccc32)c(C#N)c(-n2c3ccccc3c3c4ccccc4ccc32)c(-n2c3ccccc3c3ccccc32)c1-n1c2ccccc2c2c3ccccc3ccc21. The Morgan fingerprint density at radius 1 is 0.229 bits per heavy atom. The Labute approximate surface area is 400 Å². The summed E-state index contributed by atoms with van der Waals surface area (Å²) >= 11 is 0. The smallest absolute Gasteiger partial charge is 0.104 e. The van der Waals surface area contributed by atoms with Crippen molar-refractivity contribution < 1.29 is 0 Å². The summed E-state index contributed by atoms with van der Waals surface area (Å²) in [7, 11) is 0. The summed E-state index contributed by atoms with van der Waals surface area (Å²) in [4.78, 5) is 0. The van der Waals surface area contributed by atoms with Crippen LogP contribution in [0.5, 0.6) is 0 Å². The molecule has 0 fully saturated rings. The molecule has 0 N–H and O–H groups in total. The van der Waals surface area contributed by atoms with E-state index in [2.05, 4.69) is 237 Å². The molecule has 0 unspecified atom stereocenters. The zero-order chi connectivity index (χ0) is 46.2. The number of fused-ring (bicyclic) bond motifs is 16.